The van der Waals surface area contributed by atoms with Gasteiger partial charge in [-0.2, -0.15) is 0 Å². The second kappa shape index (κ2) is 5.55. The van der Waals surface area contributed by atoms with Crippen molar-refractivity contribution in [3.05, 3.63) is 12.0 Å². The molecule has 0 aliphatic heterocycles. The molecule has 1 atom stereocenters. The fourth-order valence-electron chi connectivity index (χ4n) is 1.41. The van der Waals surface area contributed by atoms with Gasteiger partial charge in [-0.05, 0) is 27.7 Å². The van der Waals surface area contributed by atoms with Crippen LogP contribution in [0.15, 0.2) is 15.9 Å². The van der Waals surface area contributed by atoms with Gasteiger partial charge in [-0.1, -0.05) is 11.8 Å². The molecule has 0 saturated carbocycles. The van der Waals surface area contributed by atoms with Crippen molar-refractivity contribution < 1.29 is 14.3 Å². The van der Waals surface area contributed by atoms with Crippen molar-refractivity contribution in [1.29, 1.82) is 0 Å². The minimum absolute atomic E-state index is 0.1000. The lowest BCUT2D eigenvalue weighted by Gasteiger charge is -2.27. The van der Waals surface area contributed by atoms with Crippen molar-refractivity contribution in [3.8, 4) is 0 Å². The fourth-order valence-corrected chi connectivity index (χ4v) is 2.35. The highest BCUT2D eigenvalue weighted by Crippen LogP contribution is 2.22. The first kappa shape index (κ1) is 14.1. The van der Waals surface area contributed by atoms with Crippen LogP contribution in [-0.4, -0.2) is 33.4 Å². The predicted molar refractivity (Wildman–Crippen MR) is 66.3 cm³/mol. The lowest BCUT2D eigenvalue weighted by molar-refractivity contribution is -0.143. The van der Waals surface area contributed by atoms with E-state index in [0.717, 1.165) is 5.69 Å². The maximum atomic E-state index is 11.3. The predicted octanol–water partition coefficient (Wildman–Crippen LogP) is 1.92. The number of thioether (sulfide) groups is 1. The average molecular weight is 258 g/mol. The van der Waals surface area contributed by atoms with Gasteiger partial charge in [-0.3, -0.25) is 10.1 Å². The van der Waals surface area contributed by atoms with Crippen LogP contribution in [0, 0.1) is 6.92 Å². The van der Waals surface area contributed by atoms with Gasteiger partial charge in [0.15, 0.2) is 0 Å². The van der Waals surface area contributed by atoms with E-state index in [4.69, 9.17) is 4.42 Å². The Bertz CT molecular complexity index is 392. The molecule has 1 heterocycles. The molecular formula is C11H18N2O3S. The van der Waals surface area contributed by atoms with E-state index < -0.39 is 11.5 Å². The van der Waals surface area contributed by atoms with Crippen LogP contribution in [0.1, 0.15) is 26.5 Å². The fraction of sp³-hybridized carbons (Fsp3) is 0.636. The summed E-state index contributed by atoms with van der Waals surface area (Å²) in [6.07, 6.45) is 1.55. The third-order valence-electron chi connectivity index (χ3n) is 2.16. The molecule has 96 valence electrons. The van der Waals surface area contributed by atoms with Gasteiger partial charge in [0.25, 0.3) is 5.22 Å². The van der Waals surface area contributed by atoms with Gasteiger partial charge in [0.05, 0.1) is 5.69 Å². The Morgan fingerprint density at radius 1 is 1.71 bits per heavy atom. The number of nitrogens with one attached hydrogen (secondary N) is 1. The average Bonchev–Trinajstić information content (AvgIpc) is 2.60. The van der Waals surface area contributed by atoms with E-state index in [0.29, 0.717) is 11.0 Å². The molecule has 1 aromatic rings. The summed E-state index contributed by atoms with van der Waals surface area (Å²) in [7, 11) is 0. The van der Waals surface area contributed by atoms with Crippen molar-refractivity contribution in [2.24, 2.45) is 0 Å². The zero-order valence-corrected chi connectivity index (χ0v) is 11.3. The number of carboxylic acids is 1. The molecular weight excluding hydrogens is 240 g/mol. The molecule has 0 amide bonds. The number of hydrogen-bond acceptors (Lipinski definition) is 5. The number of carboxylic acid groups (broad SMARTS) is 1. The van der Waals surface area contributed by atoms with E-state index in [-0.39, 0.29) is 6.04 Å². The quantitative estimate of drug-likeness (QED) is 0.759. The first-order valence-corrected chi connectivity index (χ1v) is 6.38. The summed E-state index contributed by atoms with van der Waals surface area (Å²) in [4.78, 5) is 15.4. The zero-order valence-electron chi connectivity index (χ0n) is 10.5. The first-order valence-electron chi connectivity index (χ1n) is 5.39. The highest BCUT2D eigenvalue weighted by atomic mass is 32.2. The van der Waals surface area contributed by atoms with Crippen LogP contribution in [0.2, 0.25) is 0 Å². The molecule has 6 heteroatoms. The van der Waals surface area contributed by atoms with E-state index in [1.54, 1.807) is 13.2 Å². The number of nitrogens with zero attached hydrogens (tertiary/aromatic N) is 1. The molecule has 0 fully saturated rings. The van der Waals surface area contributed by atoms with Crippen LogP contribution < -0.4 is 5.32 Å². The minimum atomic E-state index is -0.985. The molecule has 2 N–H and O–H groups in total. The standard InChI is InChI=1S/C11H18N2O3S/c1-7(2)13-11(4,9(14)15)6-17-10-12-8(3)5-16-10/h5,7,13H,6H2,1-4H3,(H,14,15). The molecule has 1 aromatic heterocycles. The summed E-state index contributed by atoms with van der Waals surface area (Å²) < 4.78 is 5.18. The number of oxazole rings is 1. The third kappa shape index (κ3) is 4.05. The second-order valence-corrected chi connectivity index (χ2v) is 5.41. The number of aliphatic carboxylic acids is 1. The maximum Gasteiger partial charge on any atom is 0.324 e. The van der Waals surface area contributed by atoms with E-state index in [9.17, 15) is 9.90 Å². The van der Waals surface area contributed by atoms with Gasteiger partial charge in [0.1, 0.15) is 11.8 Å². The van der Waals surface area contributed by atoms with Crippen LogP contribution in [0.3, 0.4) is 0 Å². The van der Waals surface area contributed by atoms with Gasteiger partial charge in [-0.15, -0.1) is 0 Å². The molecule has 1 unspecified atom stereocenters. The molecule has 0 aromatic carbocycles. The smallest absolute Gasteiger partial charge is 0.324 e. The SMILES string of the molecule is Cc1coc(SCC(C)(NC(C)C)C(=O)O)n1. The molecule has 5 nitrogen and oxygen atoms in total. The Kier molecular flexibility index (Phi) is 4.59. The lowest BCUT2D eigenvalue weighted by Crippen LogP contribution is -2.54. The first-order chi connectivity index (χ1) is 7.83. The van der Waals surface area contributed by atoms with E-state index in [1.165, 1.54) is 11.8 Å². The van der Waals surface area contributed by atoms with Crippen LogP contribution in [0.4, 0.5) is 0 Å². The normalized spacial score (nSPS) is 14.9. The van der Waals surface area contributed by atoms with Crippen molar-refractivity contribution in [3.63, 3.8) is 0 Å². The molecule has 0 aliphatic rings. The van der Waals surface area contributed by atoms with Crippen molar-refractivity contribution in [2.45, 2.75) is 44.5 Å². The zero-order chi connectivity index (χ0) is 13.1. The summed E-state index contributed by atoms with van der Waals surface area (Å²) >= 11 is 1.30. The van der Waals surface area contributed by atoms with Gasteiger partial charge in [-0.25, -0.2) is 4.98 Å². The van der Waals surface area contributed by atoms with Crippen molar-refractivity contribution in [1.82, 2.24) is 10.3 Å². The van der Waals surface area contributed by atoms with E-state index in [1.807, 2.05) is 20.8 Å². The van der Waals surface area contributed by atoms with Gasteiger partial charge in [0, 0.05) is 11.8 Å². The minimum Gasteiger partial charge on any atom is -0.480 e. The highest BCUT2D eigenvalue weighted by molar-refractivity contribution is 7.99. The largest absolute Gasteiger partial charge is 0.480 e. The monoisotopic (exact) mass is 258 g/mol. The highest BCUT2D eigenvalue weighted by Gasteiger charge is 2.34. The number of aryl methyl sites for hydroxylation is 1. The van der Waals surface area contributed by atoms with Gasteiger partial charge >= 0.3 is 5.97 Å². The summed E-state index contributed by atoms with van der Waals surface area (Å²) in [5.41, 5.74) is -0.192. The topological polar surface area (TPSA) is 75.4 Å². The van der Waals surface area contributed by atoms with Crippen LogP contribution in [0.25, 0.3) is 0 Å². The Balaban J connectivity index is 2.64. The number of hydrogen-bond donors (Lipinski definition) is 2. The summed E-state index contributed by atoms with van der Waals surface area (Å²) in [5.74, 6) is -0.512. The summed E-state index contributed by atoms with van der Waals surface area (Å²) in [6, 6.07) is 0.1000. The maximum absolute atomic E-state index is 11.3. The Morgan fingerprint density at radius 2 is 2.35 bits per heavy atom. The summed E-state index contributed by atoms with van der Waals surface area (Å²) in [6.45, 7) is 7.33. The van der Waals surface area contributed by atoms with E-state index >= 15 is 0 Å². The van der Waals surface area contributed by atoms with E-state index in [2.05, 4.69) is 10.3 Å². The van der Waals surface area contributed by atoms with Crippen molar-refractivity contribution in [2.75, 3.05) is 5.75 Å². The van der Waals surface area contributed by atoms with Gasteiger partial charge < -0.3 is 9.52 Å². The third-order valence-corrected chi connectivity index (χ3v) is 3.32. The Labute approximate surface area is 105 Å². The van der Waals surface area contributed by atoms with Gasteiger partial charge in [0.2, 0.25) is 0 Å². The number of aromatic nitrogens is 1. The molecule has 0 saturated heterocycles. The van der Waals surface area contributed by atoms with Crippen LogP contribution in [-0.2, 0) is 4.79 Å². The lowest BCUT2D eigenvalue weighted by atomic mass is 10.1. The molecule has 0 aliphatic carbocycles. The van der Waals surface area contributed by atoms with Crippen LogP contribution in [0.5, 0.6) is 0 Å². The Hall–Kier alpha value is -1.01. The molecule has 0 bridgehead atoms. The molecule has 1 rings (SSSR count). The number of rotatable bonds is 6. The molecule has 0 radical (unpaired) electrons. The number of carbonyl (C=O) groups is 1. The van der Waals surface area contributed by atoms with Crippen LogP contribution >= 0.6 is 11.8 Å². The summed E-state index contributed by atoms with van der Waals surface area (Å²) in [5, 5.41) is 12.8. The molecule has 17 heavy (non-hydrogen) atoms. The van der Waals surface area contributed by atoms with Crippen molar-refractivity contribution >= 4 is 17.7 Å². The Morgan fingerprint density at radius 3 is 2.76 bits per heavy atom. The second-order valence-electron chi connectivity index (χ2n) is 4.48. The molecule has 0 spiro atoms.